The maximum absolute atomic E-state index is 13.3. The van der Waals surface area contributed by atoms with Gasteiger partial charge in [-0.25, -0.2) is 9.37 Å². The molecule has 0 bridgehead atoms. The van der Waals surface area contributed by atoms with Crippen molar-refractivity contribution in [2.24, 2.45) is 0 Å². The highest BCUT2D eigenvalue weighted by Gasteiger charge is 2.16. The average molecular weight is 425 g/mol. The molecule has 0 aliphatic rings. The van der Waals surface area contributed by atoms with Crippen molar-refractivity contribution >= 4 is 5.91 Å². The zero-order valence-corrected chi connectivity index (χ0v) is 18.3. The predicted octanol–water partition coefficient (Wildman–Crippen LogP) is 3.62. The summed E-state index contributed by atoms with van der Waals surface area (Å²) in [4.78, 5) is 20.8. The lowest BCUT2D eigenvalue weighted by Crippen LogP contribution is -2.31. The number of hydrogen-bond donors (Lipinski definition) is 1. The van der Waals surface area contributed by atoms with Crippen molar-refractivity contribution in [3.63, 3.8) is 0 Å². The highest BCUT2D eigenvalue weighted by atomic mass is 19.1. The summed E-state index contributed by atoms with van der Waals surface area (Å²) < 4.78 is 18.9. The minimum absolute atomic E-state index is 0.250. The molecule has 3 rings (SSSR count). The number of hydrogen-bond acceptors (Lipinski definition) is 5. The Balaban J connectivity index is 1.68. The molecule has 0 radical (unpaired) electrons. The number of halogens is 1. The Kier molecular flexibility index (Phi) is 7.92. The van der Waals surface area contributed by atoms with E-state index in [9.17, 15) is 9.18 Å². The van der Waals surface area contributed by atoms with E-state index >= 15 is 0 Å². The summed E-state index contributed by atoms with van der Waals surface area (Å²) >= 11 is 0. The number of likely N-dealkylation sites (N-methyl/N-ethyl adjacent to an activating group) is 1. The second-order valence-corrected chi connectivity index (χ2v) is 7.94. The van der Waals surface area contributed by atoms with E-state index in [1.807, 2.05) is 19.0 Å². The molecule has 0 saturated heterocycles. The Morgan fingerprint density at radius 2 is 1.61 bits per heavy atom. The minimum atomic E-state index is -0.258. The molecule has 1 N–H and O–H groups in total. The van der Waals surface area contributed by atoms with Gasteiger partial charge in [-0.05, 0) is 44.3 Å². The summed E-state index contributed by atoms with van der Waals surface area (Å²) in [6.45, 7) is 5.04. The van der Waals surface area contributed by atoms with Crippen LogP contribution in [0.2, 0.25) is 0 Å². The van der Waals surface area contributed by atoms with Gasteiger partial charge >= 0.3 is 0 Å². The highest BCUT2D eigenvalue weighted by Crippen LogP contribution is 2.15. The van der Waals surface area contributed by atoms with Crippen LogP contribution in [0.15, 0.2) is 59.2 Å². The molecule has 0 atom stereocenters. The predicted molar refractivity (Wildman–Crippen MR) is 118 cm³/mol. The second kappa shape index (κ2) is 10.8. The van der Waals surface area contributed by atoms with E-state index in [-0.39, 0.29) is 17.4 Å². The standard InChI is InChI=1S/C24H29FN4O2/c1-18-4-6-19(7-5-18)14-29(15-20-8-10-21(25)11-9-20)16-23-27-22(17-31-23)24(30)26-12-13-28(2)3/h4-11,17H,12-16H2,1-3H3,(H,26,30). The molecular weight excluding hydrogens is 395 g/mol. The fourth-order valence-electron chi connectivity index (χ4n) is 3.13. The number of aromatic nitrogens is 1. The van der Waals surface area contributed by atoms with Crippen molar-refractivity contribution in [2.45, 2.75) is 26.6 Å². The smallest absolute Gasteiger partial charge is 0.273 e. The van der Waals surface area contributed by atoms with Crippen molar-refractivity contribution in [1.82, 2.24) is 20.1 Å². The molecule has 0 saturated carbocycles. The van der Waals surface area contributed by atoms with E-state index in [1.165, 1.54) is 24.0 Å². The van der Waals surface area contributed by atoms with Crippen LogP contribution in [0.4, 0.5) is 4.39 Å². The van der Waals surface area contributed by atoms with Crippen molar-refractivity contribution < 1.29 is 13.6 Å². The van der Waals surface area contributed by atoms with E-state index < -0.39 is 0 Å². The normalized spacial score (nSPS) is 11.3. The van der Waals surface area contributed by atoms with Crippen LogP contribution in [0.3, 0.4) is 0 Å². The van der Waals surface area contributed by atoms with Gasteiger partial charge in [0.2, 0.25) is 5.89 Å². The minimum Gasteiger partial charge on any atom is -0.447 e. The van der Waals surface area contributed by atoms with Gasteiger partial charge in [0.25, 0.3) is 5.91 Å². The molecule has 164 valence electrons. The van der Waals surface area contributed by atoms with Gasteiger partial charge < -0.3 is 14.6 Å². The fourth-order valence-corrected chi connectivity index (χ4v) is 3.13. The molecule has 1 amide bonds. The zero-order valence-electron chi connectivity index (χ0n) is 18.3. The van der Waals surface area contributed by atoms with Crippen molar-refractivity contribution in [2.75, 3.05) is 27.2 Å². The van der Waals surface area contributed by atoms with Crippen molar-refractivity contribution in [3.8, 4) is 0 Å². The lowest BCUT2D eigenvalue weighted by atomic mass is 10.1. The third-order valence-electron chi connectivity index (χ3n) is 4.83. The van der Waals surface area contributed by atoms with E-state index in [2.05, 4.69) is 46.4 Å². The summed E-state index contributed by atoms with van der Waals surface area (Å²) in [5.74, 6) is -0.0427. The Morgan fingerprint density at radius 3 is 2.23 bits per heavy atom. The lowest BCUT2D eigenvalue weighted by molar-refractivity contribution is 0.0946. The molecule has 1 aromatic heterocycles. The second-order valence-electron chi connectivity index (χ2n) is 7.94. The number of nitrogens with one attached hydrogen (secondary N) is 1. The van der Waals surface area contributed by atoms with Gasteiger partial charge in [0, 0.05) is 26.2 Å². The van der Waals surface area contributed by atoms with Gasteiger partial charge in [-0.2, -0.15) is 0 Å². The molecule has 6 nitrogen and oxygen atoms in total. The first kappa shape index (κ1) is 22.7. The zero-order chi connectivity index (χ0) is 22.2. The summed E-state index contributed by atoms with van der Waals surface area (Å²) in [6.07, 6.45) is 1.39. The summed E-state index contributed by atoms with van der Waals surface area (Å²) in [6, 6.07) is 14.8. The first-order valence-electron chi connectivity index (χ1n) is 10.3. The van der Waals surface area contributed by atoms with Gasteiger partial charge in [-0.1, -0.05) is 42.0 Å². The number of rotatable bonds is 10. The molecule has 31 heavy (non-hydrogen) atoms. The van der Waals surface area contributed by atoms with Crippen LogP contribution >= 0.6 is 0 Å². The van der Waals surface area contributed by atoms with Crippen LogP contribution < -0.4 is 5.32 Å². The molecular formula is C24H29FN4O2. The van der Waals surface area contributed by atoms with Crippen molar-refractivity contribution in [3.05, 3.63) is 88.9 Å². The third kappa shape index (κ3) is 7.31. The Hall–Kier alpha value is -3.03. The first-order chi connectivity index (χ1) is 14.9. The lowest BCUT2D eigenvalue weighted by Gasteiger charge is -2.21. The van der Waals surface area contributed by atoms with Crippen LogP contribution in [-0.2, 0) is 19.6 Å². The number of benzene rings is 2. The number of aryl methyl sites for hydroxylation is 1. The monoisotopic (exact) mass is 424 g/mol. The van der Waals surface area contributed by atoms with Crippen molar-refractivity contribution in [1.29, 1.82) is 0 Å². The average Bonchev–Trinajstić information content (AvgIpc) is 3.19. The molecule has 7 heteroatoms. The van der Waals surface area contributed by atoms with E-state index in [1.54, 1.807) is 12.1 Å². The molecule has 0 aliphatic heterocycles. The molecule has 3 aromatic rings. The molecule has 0 spiro atoms. The Labute approximate surface area is 182 Å². The van der Waals surface area contributed by atoms with Crippen LogP contribution in [0.1, 0.15) is 33.1 Å². The van der Waals surface area contributed by atoms with Crippen LogP contribution in [0, 0.1) is 12.7 Å². The molecule has 2 aromatic carbocycles. The van der Waals surface area contributed by atoms with Gasteiger partial charge in [-0.15, -0.1) is 0 Å². The molecule has 0 fully saturated rings. The fraction of sp³-hybridized carbons (Fsp3) is 0.333. The highest BCUT2D eigenvalue weighted by molar-refractivity contribution is 5.91. The first-order valence-corrected chi connectivity index (χ1v) is 10.3. The molecule has 1 heterocycles. The number of carbonyl (C=O) groups excluding carboxylic acids is 1. The Morgan fingerprint density at radius 1 is 1.00 bits per heavy atom. The van der Waals surface area contributed by atoms with E-state index in [4.69, 9.17) is 4.42 Å². The SMILES string of the molecule is Cc1ccc(CN(Cc2ccc(F)cc2)Cc2nc(C(=O)NCCN(C)C)co2)cc1. The maximum Gasteiger partial charge on any atom is 0.273 e. The van der Waals surface area contributed by atoms with E-state index in [0.29, 0.717) is 32.1 Å². The van der Waals surface area contributed by atoms with E-state index in [0.717, 1.165) is 17.7 Å². The number of amides is 1. The molecule has 0 unspecified atom stereocenters. The Bertz CT molecular complexity index is 921. The van der Waals surface area contributed by atoms with Crippen LogP contribution in [0.5, 0.6) is 0 Å². The number of nitrogens with zero attached hydrogens (tertiary/aromatic N) is 3. The van der Waals surface area contributed by atoms with Crippen LogP contribution in [-0.4, -0.2) is 47.9 Å². The van der Waals surface area contributed by atoms with Gasteiger partial charge in [0.1, 0.15) is 12.1 Å². The number of oxazole rings is 1. The third-order valence-corrected chi connectivity index (χ3v) is 4.83. The van der Waals surface area contributed by atoms with Crippen LogP contribution in [0.25, 0.3) is 0 Å². The van der Waals surface area contributed by atoms with Gasteiger partial charge in [-0.3, -0.25) is 9.69 Å². The largest absolute Gasteiger partial charge is 0.447 e. The quantitative estimate of drug-likeness (QED) is 0.539. The van der Waals surface area contributed by atoms with Gasteiger partial charge in [0.15, 0.2) is 5.69 Å². The topological polar surface area (TPSA) is 61.6 Å². The maximum atomic E-state index is 13.3. The summed E-state index contributed by atoms with van der Waals surface area (Å²) in [7, 11) is 3.90. The number of carbonyl (C=O) groups is 1. The summed E-state index contributed by atoms with van der Waals surface area (Å²) in [5.41, 5.74) is 3.61. The summed E-state index contributed by atoms with van der Waals surface area (Å²) in [5, 5.41) is 2.83. The van der Waals surface area contributed by atoms with Gasteiger partial charge in [0.05, 0.1) is 6.54 Å². The molecule has 0 aliphatic carbocycles.